The van der Waals surface area contributed by atoms with Gasteiger partial charge < -0.3 is 4.90 Å². The lowest BCUT2D eigenvalue weighted by atomic mass is 10.0. The minimum absolute atomic E-state index is 0.102. The Kier molecular flexibility index (Phi) is 3.08. The van der Waals surface area contributed by atoms with Crippen molar-refractivity contribution in [2.24, 2.45) is 5.92 Å². The van der Waals surface area contributed by atoms with Gasteiger partial charge in [-0.05, 0) is 37.1 Å². The molecule has 0 N–H and O–H groups in total. The summed E-state index contributed by atoms with van der Waals surface area (Å²) >= 11 is 3.39. The van der Waals surface area contributed by atoms with Gasteiger partial charge in [0.15, 0.2) is 0 Å². The maximum absolute atomic E-state index is 12.5. The molecule has 0 bridgehead atoms. The second kappa shape index (κ2) is 4.73. The number of fused-ring (bicyclic) bond motifs is 1. The number of carbonyl (C=O) groups excluding carboxylic acids is 1. The molecule has 2 aliphatic rings. The van der Waals surface area contributed by atoms with Gasteiger partial charge in [-0.25, -0.2) is 0 Å². The van der Waals surface area contributed by atoms with Crippen LogP contribution in [0.1, 0.15) is 23.2 Å². The maximum atomic E-state index is 12.5. The predicted octanol–water partition coefficient (Wildman–Crippen LogP) is 3.76. The Morgan fingerprint density at radius 1 is 1.28 bits per heavy atom. The van der Waals surface area contributed by atoms with Gasteiger partial charge in [0, 0.05) is 28.2 Å². The van der Waals surface area contributed by atoms with Crippen LogP contribution in [0, 0.1) is 5.92 Å². The fourth-order valence-corrected chi connectivity index (χ4v) is 2.86. The van der Waals surface area contributed by atoms with Gasteiger partial charge in [0.05, 0.1) is 0 Å². The summed E-state index contributed by atoms with van der Waals surface area (Å²) in [5.41, 5.74) is 1.94. The summed E-state index contributed by atoms with van der Waals surface area (Å²) < 4.78 is 0.996. The topological polar surface area (TPSA) is 20.3 Å². The van der Waals surface area contributed by atoms with Gasteiger partial charge in [0.1, 0.15) is 0 Å². The summed E-state index contributed by atoms with van der Waals surface area (Å²) in [6.45, 7) is 0.692. The summed E-state index contributed by atoms with van der Waals surface area (Å²) in [6, 6.07) is 7.56. The van der Waals surface area contributed by atoms with Crippen molar-refractivity contribution in [3.05, 3.63) is 58.2 Å². The first-order valence-electron chi connectivity index (χ1n) is 6.20. The molecule has 1 aliphatic heterocycles. The number of allylic oxidation sites excluding steroid dienone is 2. The number of hydrogen-bond acceptors (Lipinski definition) is 1. The second-order valence-electron chi connectivity index (χ2n) is 4.66. The van der Waals surface area contributed by atoms with E-state index >= 15 is 0 Å². The molecule has 92 valence electrons. The van der Waals surface area contributed by atoms with Crippen LogP contribution in [-0.4, -0.2) is 17.4 Å². The SMILES string of the molecule is O=C(c1ccc(Br)cc1)N1CC=CC2CCC=C21. The van der Waals surface area contributed by atoms with E-state index in [9.17, 15) is 4.79 Å². The molecule has 1 amide bonds. The minimum atomic E-state index is 0.102. The van der Waals surface area contributed by atoms with Gasteiger partial charge in [-0.3, -0.25) is 4.79 Å². The number of halogens is 1. The molecule has 2 nitrogen and oxygen atoms in total. The Hall–Kier alpha value is -1.35. The van der Waals surface area contributed by atoms with E-state index in [1.54, 1.807) is 0 Å². The molecule has 1 aliphatic carbocycles. The van der Waals surface area contributed by atoms with Crippen molar-refractivity contribution in [2.75, 3.05) is 6.54 Å². The van der Waals surface area contributed by atoms with E-state index in [1.165, 1.54) is 5.70 Å². The molecular formula is C15H14BrNO. The lowest BCUT2D eigenvalue weighted by Crippen LogP contribution is -2.34. The van der Waals surface area contributed by atoms with E-state index in [4.69, 9.17) is 0 Å². The third kappa shape index (κ3) is 2.03. The van der Waals surface area contributed by atoms with Crippen molar-refractivity contribution in [2.45, 2.75) is 12.8 Å². The van der Waals surface area contributed by atoms with Crippen molar-refractivity contribution in [3.8, 4) is 0 Å². The number of nitrogens with zero attached hydrogens (tertiary/aromatic N) is 1. The highest BCUT2D eigenvalue weighted by Crippen LogP contribution is 2.33. The summed E-state index contributed by atoms with van der Waals surface area (Å²) in [7, 11) is 0. The third-order valence-corrected chi connectivity index (χ3v) is 4.04. The zero-order valence-electron chi connectivity index (χ0n) is 9.97. The molecule has 0 aromatic heterocycles. The van der Waals surface area contributed by atoms with Gasteiger partial charge in [-0.1, -0.05) is 34.2 Å². The Balaban J connectivity index is 1.88. The predicted molar refractivity (Wildman–Crippen MR) is 75.1 cm³/mol. The molecular weight excluding hydrogens is 290 g/mol. The molecule has 3 rings (SSSR count). The van der Waals surface area contributed by atoms with E-state index in [-0.39, 0.29) is 5.91 Å². The molecule has 1 aromatic carbocycles. The van der Waals surface area contributed by atoms with Crippen molar-refractivity contribution in [3.63, 3.8) is 0 Å². The van der Waals surface area contributed by atoms with Crippen LogP contribution in [0.5, 0.6) is 0 Å². The second-order valence-corrected chi connectivity index (χ2v) is 5.58. The van der Waals surface area contributed by atoms with Gasteiger partial charge >= 0.3 is 0 Å². The average molecular weight is 304 g/mol. The van der Waals surface area contributed by atoms with Crippen LogP contribution in [0.15, 0.2) is 52.7 Å². The van der Waals surface area contributed by atoms with Crippen LogP contribution in [-0.2, 0) is 0 Å². The largest absolute Gasteiger partial charge is 0.308 e. The minimum Gasteiger partial charge on any atom is -0.308 e. The van der Waals surface area contributed by atoms with Crippen molar-refractivity contribution in [1.29, 1.82) is 0 Å². The molecule has 1 aromatic rings. The fourth-order valence-electron chi connectivity index (χ4n) is 2.60. The van der Waals surface area contributed by atoms with Crippen LogP contribution >= 0.6 is 15.9 Å². The van der Waals surface area contributed by atoms with Crippen molar-refractivity contribution < 1.29 is 4.79 Å². The first-order chi connectivity index (χ1) is 8.75. The Morgan fingerprint density at radius 3 is 2.83 bits per heavy atom. The van der Waals surface area contributed by atoms with E-state index < -0.39 is 0 Å². The number of amides is 1. The van der Waals surface area contributed by atoms with Crippen LogP contribution in [0.25, 0.3) is 0 Å². The average Bonchev–Trinajstić information content (AvgIpc) is 2.87. The first kappa shape index (κ1) is 11.7. The normalized spacial score (nSPS) is 21.7. The highest BCUT2D eigenvalue weighted by atomic mass is 79.9. The number of carbonyl (C=O) groups is 1. The molecule has 18 heavy (non-hydrogen) atoms. The van der Waals surface area contributed by atoms with Crippen LogP contribution in [0.3, 0.4) is 0 Å². The maximum Gasteiger partial charge on any atom is 0.258 e. The Bertz CT molecular complexity index is 530. The quantitative estimate of drug-likeness (QED) is 0.724. The van der Waals surface area contributed by atoms with E-state index in [1.807, 2.05) is 29.2 Å². The zero-order valence-corrected chi connectivity index (χ0v) is 11.6. The summed E-state index contributed by atoms with van der Waals surface area (Å²) in [6.07, 6.45) is 8.74. The summed E-state index contributed by atoms with van der Waals surface area (Å²) in [5, 5.41) is 0. The van der Waals surface area contributed by atoms with Gasteiger partial charge in [-0.2, -0.15) is 0 Å². The zero-order chi connectivity index (χ0) is 12.5. The molecule has 0 fully saturated rings. The highest BCUT2D eigenvalue weighted by Gasteiger charge is 2.28. The van der Waals surface area contributed by atoms with Gasteiger partial charge in [0.2, 0.25) is 0 Å². The Morgan fingerprint density at radius 2 is 2.06 bits per heavy atom. The fraction of sp³-hybridized carbons (Fsp3) is 0.267. The van der Waals surface area contributed by atoms with E-state index in [0.29, 0.717) is 12.5 Å². The monoisotopic (exact) mass is 303 g/mol. The molecule has 1 atom stereocenters. The summed E-state index contributed by atoms with van der Waals surface area (Å²) in [4.78, 5) is 14.4. The van der Waals surface area contributed by atoms with Crippen LogP contribution in [0.4, 0.5) is 0 Å². The molecule has 0 saturated carbocycles. The van der Waals surface area contributed by atoms with E-state index in [0.717, 1.165) is 22.9 Å². The number of hydrogen-bond donors (Lipinski definition) is 0. The van der Waals surface area contributed by atoms with Crippen molar-refractivity contribution in [1.82, 2.24) is 4.90 Å². The number of rotatable bonds is 1. The lowest BCUT2D eigenvalue weighted by Gasteiger charge is -2.29. The molecule has 3 heteroatoms. The summed E-state index contributed by atoms with van der Waals surface area (Å²) in [5.74, 6) is 0.545. The molecule has 0 radical (unpaired) electrons. The highest BCUT2D eigenvalue weighted by molar-refractivity contribution is 9.10. The first-order valence-corrected chi connectivity index (χ1v) is 6.99. The van der Waals surface area contributed by atoms with Crippen LogP contribution < -0.4 is 0 Å². The lowest BCUT2D eigenvalue weighted by molar-refractivity contribution is 0.0806. The Labute approximate surface area is 115 Å². The standard InChI is InChI=1S/C15H14BrNO/c16-13-8-6-12(7-9-13)15(18)17-10-2-4-11-3-1-5-14(11)17/h2,4-9,11H,1,3,10H2. The molecule has 0 spiro atoms. The smallest absolute Gasteiger partial charge is 0.258 e. The van der Waals surface area contributed by atoms with Gasteiger partial charge in [0.25, 0.3) is 5.91 Å². The molecule has 1 unspecified atom stereocenters. The third-order valence-electron chi connectivity index (χ3n) is 3.52. The van der Waals surface area contributed by atoms with Crippen LogP contribution in [0.2, 0.25) is 0 Å². The van der Waals surface area contributed by atoms with Crippen molar-refractivity contribution >= 4 is 21.8 Å². The van der Waals surface area contributed by atoms with Gasteiger partial charge in [-0.15, -0.1) is 0 Å². The molecule has 1 heterocycles. The number of benzene rings is 1. The van der Waals surface area contributed by atoms with E-state index in [2.05, 4.69) is 34.2 Å². The molecule has 0 saturated heterocycles.